The van der Waals surface area contributed by atoms with E-state index >= 15 is 0 Å². The number of nitriles is 1. The molecule has 1 amide bonds. The van der Waals surface area contributed by atoms with Crippen molar-refractivity contribution in [3.05, 3.63) is 29.8 Å². The Bertz CT molecular complexity index is 352. The third kappa shape index (κ3) is 2.60. The van der Waals surface area contributed by atoms with Gasteiger partial charge in [0, 0.05) is 5.69 Å². The predicted molar refractivity (Wildman–Crippen MR) is 50.0 cm³/mol. The zero-order valence-corrected chi connectivity index (χ0v) is 7.37. The van der Waals surface area contributed by atoms with Crippen LogP contribution in [0.5, 0.6) is 0 Å². The summed E-state index contributed by atoms with van der Waals surface area (Å²) in [5, 5.41) is 10.9. The Kier molecular flexibility index (Phi) is 3.04. The van der Waals surface area contributed by atoms with E-state index in [1.807, 2.05) is 31.2 Å². The van der Waals surface area contributed by atoms with Crippen molar-refractivity contribution in [2.24, 2.45) is 0 Å². The number of aryl methyl sites for hydroxylation is 1. The minimum absolute atomic E-state index is 0.103. The lowest BCUT2D eigenvalue weighted by Gasteiger charge is -2.05. The molecule has 0 unspecified atom stereocenters. The number of benzene rings is 1. The molecule has 0 spiro atoms. The topological polar surface area (TPSA) is 52.9 Å². The maximum Gasteiger partial charge on any atom is 0.238 e. The van der Waals surface area contributed by atoms with Crippen molar-refractivity contribution in [1.82, 2.24) is 0 Å². The van der Waals surface area contributed by atoms with Crippen LogP contribution in [0.2, 0.25) is 0 Å². The molecule has 1 N–H and O–H groups in total. The minimum atomic E-state index is -0.267. The average Bonchev–Trinajstić information content (AvgIpc) is 2.09. The van der Waals surface area contributed by atoms with E-state index in [-0.39, 0.29) is 12.3 Å². The monoisotopic (exact) mass is 174 g/mol. The molecule has 66 valence electrons. The number of rotatable bonds is 2. The third-order valence-electron chi connectivity index (χ3n) is 1.66. The molecule has 3 heteroatoms. The van der Waals surface area contributed by atoms with Crippen LogP contribution < -0.4 is 5.32 Å². The van der Waals surface area contributed by atoms with Crippen LogP contribution in [0.1, 0.15) is 12.0 Å². The van der Waals surface area contributed by atoms with Gasteiger partial charge in [-0.15, -0.1) is 0 Å². The van der Waals surface area contributed by atoms with Gasteiger partial charge < -0.3 is 5.32 Å². The number of hydrogen-bond acceptors (Lipinski definition) is 2. The summed E-state index contributed by atoms with van der Waals surface area (Å²) in [7, 11) is 0. The van der Waals surface area contributed by atoms with Gasteiger partial charge in [-0.05, 0) is 18.6 Å². The highest BCUT2D eigenvalue weighted by atomic mass is 16.1. The lowest BCUT2D eigenvalue weighted by molar-refractivity contribution is -0.115. The van der Waals surface area contributed by atoms with E-state index in [0.717, 1.165) is 11.3 Å². The number of nitrogens with zero attached hydrogens (tertiary/aromatic N) is 1. The van der Waals surface area contributed by atoms with Crippen molar-refractivity contribution in [1.29, 1.82) is 5.26 Å². The van der Waals surface area contributed by atoms with Crippen LogP contribution in [0.3, 0.4) is 0 Å². The fourth-order valence-corrected chi connectivity index (χ4v) is 0.979. The van der Waals surface area contributed by atoms with Gasteiger partial charge in [0.25, 0.3) is 0 Å². The van der Waals surface area contributed by atoms with Crippen molar-refractivity contribution in [3.8, 4) is 6.07 Å². The van der Waals surface area contributed by atoms with Crippen molar-refractivity contribution in [2.45, 2.75) is 13.3 Å². The van der Waals surface area contributed by atoms with E-state index in [2.05, 4.69) is 5.32 Å². The van der Waals surface area contributed by atoms with Crippen LogP contribution in [0.15, 0.2) is 24.3 Å². The van der Waals surface area contributed by atoms with Gasteiger partial charge in [-0.3, -0.25) is 4.79 Å². The third-order valence-corrected chi connectivity index (χ3v) is 1.66. The Morgan fingerprint density at radius 2 is 2.23 bits per heavy atom. The summed E-state index contributed by atoms with van der Waals surface area (Å²) in [4.78, 5) is 11.0. The number of carbonyl (C=O) groups is 1. The van der Waals surface area contributed by atoms with Crippen LogP contribution in [0, 0.1) is 18.3 Å². The van der Waals surface area contributed by atoms with E-state index in [4.69, 9.17) is 5.26 Å². The van der Waals surface area contributed by atoms with Gasteiger partial charge in [-0.1, -0.05) is 18.2 Å². The summed E-state index contributed by atoms with van der Waals surface area (Å²) in [6.45, 7) is 1.90. The summed E-state index contributed by atoms with van der Waals surface area (Å²) < 4.78 is 0. The molecule has 0 heterocycles. The smallest absolute Gasteiger partial charge is 0.238 e. The van der Waals surface area contributed by atoms with Gasteiger partial charge >= 0.3 is 0 Å². The Balaban J connectivity index is 2.70. The molecule has 1 aromatic rings. The number of amides is 1. The molecule has 0 saturated carbocycles. The molecule has 3 nitrogen and oxygen atoms in total. The second-order valence-electron chi connectivity index (χ2n) is 2.70. The van der Waals surface area contributed by atoms with Gasteiger partial charge in [0.2, 0.25) is 5.91 Å². The zero-order valence-electron chi connectivity index (χ0n) is 7.37. The van der Waals surface area contributed by atoms with Crippen molar-refractivity contribution < 1.29 is 4.79 Å². The van der Waals surface area contributed by atoms with Crippen LogP contribution in [0.4, 0.5) is 5.69 Å². The number of nitrogens with one attached hydrogen (secondary N) is 1. The van der Waals surface area contributed by atoms with Gasteiger partial charge in [0.1, 0.15) is 6.42 Å². The lowest BCUT2D eigenvalue weighted by Crippen LogP contribution is -2.10. The molecule has 1 rings (SSSR count). The number of carbonyl (C=O) groups excluding carboxylic acids is 1. The number of hydrogen-bond donors (Lipinski definition) is 1. The molecule has 0 radical (unpaired) electrons. The van der Waals surface area contributed by atoms with Gasteiger partial charge in [-0.25, -0.2) is 0 Å². The normalized spacial score (nSPS) is 8.92. The summed E-state index contributed by atoms with van der Waals surface area (Å²) in [6.07, 6.45) is -0.103. The van der Waals surface area contributed by atoms with Gasteiger partial charge in [0.15, 0.2) is 0 Å². The molecule has 0 saturated heterocycles. The summed E-state index contributed by atoms with van der Waals surface area (Å²) in [5.41, 5.74) is 1.76. The quantitative estimate of drug-likeness (QED) is 0.743. The van der Waals surface area contributed by atoms with Gasteiger partial charge in [0.05, 0.1) is 6.07 Å². The number of para-hydroxylation sites is 1. The largest absolute Gasteiger partial charge is 0.325 e. The Morgan fingerprint density at radius 3 is 2.85 bits per heavy atom. The van der Waals surface area contributed by atoms with E-state index in [9.17, 15) is 4.79 Å². The van der Waals surface area contributed by atoms with E-state index < -0.39 is 0 Å². The number of anilines is 1. The SMILES string of the molecule is Cc1ccccc1NC(=O)CC#N. The summed E-state index contributed by atoms with van der Waals surface area (Å²) in [6, 6.07) is 9.25. The maximum atomic E-state index is 11.0. The first kappa shape index (κ1) is 9.27. The molecule has 0 fully saturated rings. The molecule has 0 aliphatic rings. The van der Waals surface area contributed by atoms with Gasteiger partial charge in [-0.2, -0.15) is 5.26 Å². The first-order valence-corrected chi connectivity index (χ1v) is 3.96. The second-order valence-corrected chi connectivity index (χ2v) is 2.70. The van der Waals surface area contributed by atoms with Crippen LogP contribution in [0.25, 0.3) is 0 Å². The Hall–Kier alpha value is -1.82. The minimum Gasteiger partial charge on any atom is -0.325 e. The molecule has 1 aromatic carbocycles. The molecule has 13 heavy (non-hydrogen) atoms. The molecular weight excluding hydrogens is 164 g/mol. The van der Waals surface area contributed by atoms with Crippen LogP contribution >= 0.6 is 0 Å². The van der Waals surface area contributed by atoms with E-state index in [1.165, 1.54) is 0 Å². The summed E-state index contributed by atoms with van der Waals surface area (Å²) >= 11 is 0. The average molecular weight is 174 g/mol. The first-order chi connectivity index (χ1) is 6.24. The van der Waals surface area contributed by atoms with Crippen molar-refractivity contribution in [2.75, 3.05) is 5.32 Å². The first-order valence-electron chi connectivity index (χ1n) is 3.96. The molecule has 0 atom stereocenters. The molecule has 0 aromatic heterocycles. The predicted octanol–water partition coefficient (Wildman–Crippen LogP) is 1.85. The van der Waals surface area contributed by atoms with Crippen molar-refractivity contribution >= 4 is 11.6 Å². The molecule has 0 aliphatic carbocycles. The fraction of sp³-hybridized carbons (Fsp3) is 0.200. The van der Waals surface area contributed by atoms with E-state index in [1.54, 1.807) is 6.07 Å². The fourth-order valence-electron chi connectivity index (χ4n) is 0.979. The summed E-state index contributed by atoms with van der Waals surface area (Å²) in [5.74, 6) is -0.267. The van der Waals surface area contributed by atoms with Crippen LogP contribution in [-0.4, -0.2) is 5.91 Å². The second kappa shape index (κ2) is 4.27. The van der Waals surface area contributed by atoms with E-state index in [0.29, 0.717) is 0 Å². The Labute approximate surface area is 77.0 Å². The Morgan fingerprint density at radius 1 is 1.54 bits per heavy atom. The molecular formula is C10H10N2O. The highest BCUT2D eigenvalue weighted by molar-refractivity contribution is 5.92. The standard InChI is InChI=1S/C10H10N2O/c1-8-4-2-3-5-9(8)12-10(13)6-7-11/h2-5H,6H2,1H3,(H,12,13). The van der Waals surface area contributed by atoms with Crippen molar-refractivity contribution in [3.63, 3.8) is 0 Å². The van der Waals surface area contributed by atoms with Crippen LogP contribution in [-0.2, 0) is 4.79 Å². The molecule has 0 aliphatic heterocycles. The maximum absolute atomic E-state index is 11.0. The zero-order chi connectivity index (χ0) is 9.68. The molecule has 0 bridgehead atoms. The highest BCUT2D eigenvalue weighted by Crippen LogP contribution is 2.12. The highest BCUT2D eigenvalue weighted by Gasteiger charge is 2.01. The lowest BCUT2D eigenvalue weighted by atomic mass is 10.2.